The first-order valence-electron chi connectivity index (χ1n) is 12.0. The van der Waals surface area contributed by atoms with E-state index >= 15 is 0 Å². The number of para-hydroxylation sites is 1. The van der Waals surface area contributed by atoms with Crippen molar-refractivity contribution in [2.45, 2.75) is 18.9 Å². The van der Waals surface area contributed by atoms with Crippen LogP contribution < -0.4 is 10.6 Å². The van der Waals surface area contributed by atoms with Crippen LogP contribution in [0.1, 0.15) is 23.2 Å². The van der Waals surface area contributed by atoms with Crippen LogP contribution in [0.15, 0.2) is 89.3 Å². The molecule has 1 fully saturated rings. The Hall–Kier alpha value is -4.30. The second kappa shape index (κ2) is 11.0. The number of hydrogen-bond acceptors (Lipinski definition) is 6. The molecule has 4 aromatic rings. The summed E-state index contributed by atoms with van der Waals surface area (Å²) in [6, 6.07) is 26.3. The first kappa shape index (κ1) is 23.4. The summed E-state index contributed by atoms with van der Waals surface area (Å²) in [4.78, 5) is 27.2. The molecule has 0 saturated carbocycles. The quantitative estimate of drug-likeness (QED) is 0.410. The SMILES string of the molecule is O=C(CN1CCC(NC(=O)c2ccc(-c3nnc(-c4ccccc4)o3)cc2)CC1)Nc1ccccc1. The molecule has 2 amide bonds. The standard InChI is InChI=1S/C28H27N5O3/c34-25(29-23-9-5-2-6-10-23)19-33-17-15-24(16-18-33)30-26(35)20-11-13-22(14-12-20)28-32-31-27(36-28)21-7-3-1-4-8-21/h1-14,24H,15-19H2,(H,29,34)(H,30,35). The lowest BCUT2D eigenvalue weighted by Crippen LogP contribution is -2.46. The van der Waals surface area contributed by atoms with Gasteiger partial charge in [0, 0.05) is 41.5 Å². The summed E-state index contributed by atoms with van der Waals surface area (Å²) in [7, 11) is 0. The van der Waals surface area contributed by atoms with E-state index in [2.05, 4.69) is 25.7 Å². The molecule has 1 aromatic heterocycles. The minimum atomic E-state index is -0.114. The number of aromatic nitrogens is 2. The van der Waals surface area contributed by atoms with Crippen LogP contribution in [0.5, 0.6) is 0 Å². The van der Waals surface area contributed by atoms with Gasteiger partial charge in [-0.15, -0.1) is 10.2 Å². The zero-order valence-corrected chi connectivity index (χ0v) is 19.8. The molecule has 36 heavy (non-hydrogen) atoms. The second-order valence-electron chi connectivity index (χ2n) is 8.79. The maximum atomic E-state index is 12.8. The number of amides is 2. The van der Waals surface area contributed by atoms with E-state index in [-0.39, 0.29) is 17.9 Å². The number of rotatable bonds is 7. The third-order valence-electron chi connectivity index (χ3n) is 6.19. The van der Waals surface area contributed by atoms with Gasteiger partial charge in [-0.25, -0.2) is 0 Å². The molecule has 3 aromatic carbocycles. The number of hydrogen-bond donors (Lipinski definition) is 2. The number of benzene rings is 3. The molecule has 0 aliphatic carbocycles. The number of piperidine rings is 1. The van der Waals surface area contributed by atoms with Gasteiger partial charge in [-0.05, 0) is 61.4 Å². The van der Waals surface area contributed by atoms with Crippen LogP contribution in [0.3, 0.4) is 0 Å². The van der Waals surface area contributed by atoms with Crippen molar-refractivity contribution < 1.29 is 14.0 Å². The molecule has 0 atom stereocenters. The number of nitrogens with zero attached hydrogens (tertiary/aromatic N) is 3. The molecule has 1 aliphatic rings. The Labute approximate surface area is 209 Å². The zero-order chi connectivity index (χ0) is 24.7. The Kier molecular flexibility index (Phi) is 7.14. The van der Waals surface area contributed by atoms with Crippen molar-refractivity contribution >= 4 is 17.5 Å². The van der Waals surface area contributed by atoms with E-state index in [4.69, 9.17) is 4.42 Å². The van der Waals surface area contributed by atoms with Crippen molar-refractivity contribution in [2.24, 2.45) is 0 Å². The molecule has 0 radical (unpaired) electrons. The van der Waals surface area contributed by atoms with Crippen molar-refractivity contribution in [3.63, 3.8) is 0 Å². The van der Waals surface area contributed by atoms with E-state index in [0.29, 0.717) is 23.9 Å². The van der Waals surface area contributed by atoms with Crippen molar-refractivity contribution in [1.29, 1.82) is 0 Å². The Balaban J connectivity index is 1.10. The average molecular weight is 482 g/mol. The van der Waals surface area contributed by atoms with Gasteiger partial charge < -0.3 is 15.1 Å². The summed E-state index contributed by atoms with van der Waals surface area (Å²) in [6.07, 6.45) is 1.60. The van der Waals surface area contributed by atoms with Gasteiger partial charge in [0.15, 0.2) is 0 Å². The molecule has 0 unspecified atom stereocenters. The second-order valence-corrected chi connectivity index (χ2v) is 8.79. The highest BCUT2D eigenvalue weighted by Gasteiger charge is 2.22. The normalized spacial score (nSPS) is 14.3. The maximum Gasteiger partial charge on any atom is 0.251 e. The molecular weight excluding hydrogens is 454 g/mol. The predicted molar refractivity (Wildman–Crippen MR) is 137 cm³/mol. The summed E-state index contributed by atoms with van der Waals surface area (Å²) in [5.41, 5.74) is 2.98. The molecule has 1 saturated heterocycles. The number of carbonyl (C=O) groups excluding carboxylic acids is 2. The first-order chi connectivity index (χ1) is 17.6. The molecule has 0 spiro atoms. The molecule has 2 N–H and O–H groups in total. The summed E-state index contributed by atoms with van der Waals surface area (Å²) in [5.74, 6) is 0.721. The number of anilines is 1. The monoisotopic (exact) mass is 481 g/mol. The smallest absolute Gasteiger partial charge is 0.251 e. The van der Waals surface area contributed by atoms with E-state index in [0.717, 1.165) is 42.7 Å². The van der Waals surface area contributed by atoms with Crippen molar-refractivity contribution in [2.75, 3.05) is 25.0 Å². The lowest BCUT2D eigenvalue weighted by Gasteiger charge is -2.31. The van der Waals surface area contributed by atoms with Gasteiger partial charge in [-0.1, -0.05) is 36.4 Å². The van der Waals surface area contributed by atoms with E-state index in [9.17, 15) is 9.59 Å². The molecular formula is C28H27N5O3. The highest BCUT2D eigenvalue weighted by molar-refractivity contribution is 5.95. The van der Waals surface area contributed by atoms with Gasteiger partial charge in [0.25, 0.3) is 5.91 Å². The Morgan fingerprint density at radius 1 is 0.806 bits per heavy atom. The largest absolute Gasteiger partial charge is 0.416 e. The zero-order valence-electron chi connectivity index (χ0n) is 19.8. The molecule has 5 rings (SSSR count). The van der Waals surface area contributed by atoms with Crippen molar-refractivity contribution in [1.82, 2.24) is 20.4 Å². The Morgan fingerprint density at radius 2 is 1.39 bits per heavy atom. The van der Waals surface area contributed by atoms with Gasteiger partial charge in [0.2, 0.25) is 17.7 Å². The van der Waals surface area contributed by atoms with Crippen LogP contribution in [-0.2, 0) is 4.79 Å². The fourth-order valence-corrected chi connectivity index (χ4v) is 4.23. The van der Waals surface area contributed by atoms with Crippen LogP contribution in [0, 0.1) is 0 Å². The highest BCUT2D eigenvalue weighted by Crippen LogP contribution is 2.24. The van der Waals surface area contributed by atoms with Gasteiger partial charge >= 0.3 is 0 Å². The van der Waals surface area contributed by atoms with Crippen LogP contribution in [0.4, 0.5) is 5.69 Å². The lowest BCUT2D eigenvalue weighted by molar-refractivity contribution is -0.117. The third kappa shape index (κ3) is 5.84. The minimum absolute atomic E-state index is 0.0269. The third-order valence-corrected chi connectivity index (χ3v) is 6.19. The lowest BCUT2D eigenvalue weighted by atomic mass is 10.0. The van der Waals surface area contributed by atoms with Crippen molar-refractivity contribution in [3.05, 3.63) is 90.5 Å². The highest BCUT2D eigenvalue weighted by atomic mass is 16.4. The minimum Gasteiger partial charge on any atom is -0.416 e. The summed E-state index contributed by atoms with van der Waals surface area (Å²) < 4.78 is 5.79. The molecule has 0 bridgehead atoms. The van der Waals surface area contributed by atoms with Crippen molar-refractivity contribution in [3.8, 4) is 22.9 Å². The first-order valence-corrected chi connectivity index (χ1v) is 12.0. The van der Waals surface area contributed by atoms with Gasteiger partial charge in [-0.3, -0.25) is 14.5 Å². The van der Waals surface area contributed by atoms with E-state index in [1.54, 1.807) is 12.1 Å². The molecule has 8 heteroatoms. The van der Waals surface area contributed by atoms with Crippen LogP contribution in [-0.4, -0.2) is 52.6 Å². The molecule has 2 heterocycles. The van der Waals surface area contributed by atoms with E-state index in [1.165, 1.54) is 0 Å². The van der Waals surface area contributed by atoms with Crippen LogP contribution in [0.25, 0.3) is 22.9 Å². The number of nitrogens with one attached hydrogen (secondary N) is 2. The summed E-state index contributed by atoms with van der Waals surface area (Å²) in [5, 5.41) is 14.3. The summed E-state index contributed by atoms with van der Waals surface area (Å²) >= 11 is 0. The Morgan fingerprint density at radius 3 is 2.03 bits per heavy atom. The van der Waals surface area contributed by atoms with Gasteiger partial charge in [-0.2, -0.15) is 0 Å². The topological polar surface area (TPSA) is 100 Å². The molecule has 1 aliphatic heterocycles. The summed E-state index contributed by atoms with van der Waals surface area (Å²) in [6.45, 7) is 1.86. The predicted octanol–water partition coefficient (Wildman–Crippen LogP) is 4.24. The fraction of sp³-hybridized carbons (Fsp3) is 0.214. The number of likely N-dealkylation sites (tertiary alicyclic amines) is 1. The number of carbonyl (C=O) groups is 2. The van der Waals surface area contributed by atoms with E-state index in [1.807, 2.05) is 72.8 Å². The average Bonchev–Trinajstić information content (AvgIpc) is 3.41. The molecule has 182 valence electrons. The van der Waals surface area contributed by atoms with E-state index < -0.39 is 0 Å². The maximum absolute atomic E-state index is 12.8. The molecule has 8 nitrogen and oxygen atoms in total. The van der Waals surface area contributed by atoms with Crippen LogP contribution in [0.2, 0.25) is 0 Å². The van der Waals surface area contributed by atoms with Gasteiger partial charge in [0.05, 0.1) is 6.54 Å². The fourth-order valence-electron chi connectivity index (χ4n) is 4.23. The van der Waals surface area contributed by atoms with Gasteiger partial charge in [0.1, 0.15) is 0 Å². The van der Waals surface area contributed by atoms with Crippen LogP contribution >= 0.6 is 0 Å². The Bertz CT molecular complexity index is 1300.